The molecular weight excluding hydrogens is 266 g/mol. The van der Waals surface area contributed by atoms with Gasteiger partial charge in [0.1, 0.15) is 6.07 Å². The van der Waals surface area contributed by atoms with Gasteiger partial charge < -0.3 is 15.0 Å². The number of carbonyl (C=O) groups is 1. The zero-order valence-corrected chi connectivity index (χ0v) is 10.8. The maximum Gasteiger partial charge on any atom is 0.357 e. The summed E-state index contributed by atoms with van der Waals surface area (Å²) in [6.45, 7) is 0. The van der Waals surface area contributed by atoms with Crippen LogP contribution in [0.1, 0.15) is 16.1 Å². The number of nitrogens with zero attached hydrogens (tertiary/aromatic N) is 2. The van der Waals surface area contributed by atoms with E-state index in [4.69, 9.17) is 22.6 Å². The Balaban J connectivity index is 2.70. The molecule has 1 aromatic carbocycles. The number of nitrogen functional groups attached to an aromatic ring is 1. The van der Waals surface area contributed by atoms with E-state index in [2.05, 4.69) is 4.74 Å². The Morgan fingerprint density at radius 1 is 1.53 bits per heavy atom. The quantitative estimate of drug-likeness (QED) is 0.853. The molecule has 6 heteroatoms. The number of carbonyl (C=O) groups excluding carboxylic acids is 1. The molecule has 0 aliphatic heterocycles. The van der Waals surface area contributed by atoms with E-state index in [1.165, 1.54) is 17.9 Å². The molecule has 0 unspecified atom stereocenters. The van der Waals surface area contributed by atoms with E-state index in [1.807, 2.05) is 6.07 Å². The Labute approximate surface area is 114 Å². The molecule has 96 valence electrons. The Hall–Kier alpha value is -2.45. The summed E-state index contributed by atoms with van der Waals surface area (Å²) in [6.07, 6.45) is 1.48. The van der Waals surface area contributed by atoms with Gasteiger partial charge in [-0.3, -0.25) is 0 Å². The molecule has 2 rings (SSSR count). The van der Waals surface area contributed by atoms with Crippen LogP contribution in [0.2, 0.25) is 5.02 Å². The summed E-state index contributed by atoms with van der Waals surface area (Å²) in [4.78, 5) is 11.8. The Morgan fingerprint density at radius 3 is 2.84 bits per heavy atom. The van der Waals surface area contributed by atoms with E-state index < -0.39 is 5.97 Å². The maximum absolute atomic E-state index is 11.8. The number of benzene rings is 1. The average molecular weight is 276 g/mol. The predicted molar refractivity (Wildman–Crippen MR) is 71.2 cm³/mol. The number of hydrogen-bond donors (Lipinski definition) is 1. The van der Waals surface area contributed by atoms with Gasteiger partial charge in [0, 0.05) is 16.9 Å². The van der Waals surface area contributed by atoms with Crippen LogP contribution in [0.25, 0.3) is 5.69 Å². The van der Waals surface area contributed by atoms with Crippen LogP contribution >= 0.6 is 11.6 Å². The largest absolute Gasteiger partial charge is 0.464 e. The summed E-state index contributed by atoms with van der Waals surface area (Å²) in [5, 5.41) is 9.50. The predicted octanol–water partition coefficient (Wildman–Crippen LogP) is 2.37. The van der Waals surface area contributed by atoms with Crippen molar-refractivity contribution < 1.29 is 9.53 Å². The molecule has 0 bridgehead atoms. The molecule has 0 aliphatic carbocycles. The lowest BCUT2D eigenvalue weighted by atomic mass is 10.2. The third-order valence-electron chi connectivity index (χ3n) is 2.63. The van der Waals surface area contributed by atoms with Gasteiger partial charge in [0.25, 0.3) is 0 Å². The van der Waals surface area contributed by atoms with Crippen molar-refractivity contribution in [1.29, 1.82) is 5.26 Å². The lowest BCUT2D eigenvalue weighted by Crippen LogP contribution is -2.11. The number of anilines is 1. The summed E-state index contributed by atoms with van der Waals surface area (Å²) in [5.41, 5.74) is 6.83. The van der Waals surface area contributed by atoms with Gasteiger partial charge in [-0.05, 0) is 18.2 Å². The fraction of sp³-hybridized carbons (Fsp3) is 0.0769. The maximum atomic E-state index is 11.8. The molecule has 0 spiro atoms. The average Bonchev–Trinajstić information content (AvgIpc) is 2.75. The van der Waals surface area contributed by atoms with Crippen LogP contribution < -0.4 is 5.73 Å². The fourth-order valence-electron chi connectivity index (χ4n) is 1.74. The smallest absolute Gasteiger partial charge is 0.357 e. The minimum Gasteiger partial charge on any atom is -0.464 e. The normalized spacial score (nSPS) is 9.95. The first-order valence-corrected chi connectivity index (χ1v) is 5.71. The number of methoxy groups -OCH3 is 1. The second kappa shape index (κ2) is 5.04. The van der Waals surface area contributed by atoms with Crippen molar-refractivity contribution in [1.82, 2.24) is 4.57 Å². The first kappa shape index (κ1) is 13.0. The van der Waals surface area contributed by atoms with Crippen molar-refractivity contribution >= 4 is 23.3 Å². The fourth-order valence-corrected chi connectivity index (χ4v) is 1.93. The monoisotopic (exact) mass is 275 g/mol. The second-order valence-electron chi connectivity index (χ2n) is 3.76. The van der Waals surface area contributed by atoms with Crippen LogP contribution in [-0.4, -0.2) is 17.6 Å². The molecule has 5 nitrogen and oxygen atoms in total. The summed E-state index contributed by atoms with van der Waals surface area (Å²) >= 11 is 5.92. The Bertz CT molecular complexity index is 686. The summed E-state index contributed by atoms with van der Waals surface area (Å²) < 4.78 is 6.18. The topological polar surface area (TPSA) is 81.0 Å². The minimum absolute atomic E-state index is 0.0920. The van der Waals surface area contributed by atoms with Crippen LogP contribution in [0.4, 0.5) is 5.69 Å². The Morgan fingerprint density at radius 2 is 2.26 bits per heavy atom. The Kier molecular flexibility index (Phi) is 3.45. The molecule has 0 saturated carbocycles. The molecular formula is C13H10ClN3O2. The highest BCUT2D eigenvalue weighted by Crippen LogP contribution is 2.25. The third kappa shape index (κ3) is 2.26. The number of aromatic nitrogens is 1. The van der Waals surface area contributed by atoms with Gasteiger partial charge in [0.15, 0.2) is 5.69 Å². The van der Waals surface area contributed by atoms with Gasteiger partial charge in [-0.2, -0.15) is 5.26 Å². The van der Waals surface area contributed by atoms with E-state index in [0.29, 0.717) is 10.7 Å². The van der Waals surface area contributed by atoms with E-state index in [1.54, 1.807) is 24.3 Å². The molecule has 0 aliphatic rings. The van der Waals surface area contributed by atoms with Crippen molar-refractivity contribution in [3.63, 3.8) is 0 Å². The summed E-state index contributed by atoms with van der Waals surface area (Å²) in [5.74, 6) is -0.612. The standard InChI is InChI=1S/C13H10ClN3O2/c1-19-13(18)12-11(16)8(6-15)7-17(12)10-4-2-3-9(14)5-10/h2-5,7H,16H2,1H3. The number of esters is 1. The van der Waals surface area contributed by atoms with Gasteiger partial charge in [-0.15, -0.1) is 0 Å². The number of nitrogens with two attached hydrogens (primary N) is 1. The molecule has 19 heavy (non-hydrogen) atoms. The molecule has 1 aromatic heterocycles. The van der Waals surface area contributed by atoms with Crippen LogP contribution in [0.5, 0.6) is 0 Å². The molecule has 2 N–H and O–H groups in total. The van der Waals surface area contributed by atoms with Crippen molar-refractivity contribution in [2.45, 2.75) is 0 Å². The zero-order valence-electron chi connectivity index (χ0n) is 10.1. The number of nitriles is 1. The molecule has 0 atom stereocenters. The zero-order chi connectivity index (χ0) is 14.0. The van der Waals surface area contributed by atoms with Crippen molar-refractivity contribution in [2.24, 2.45) is 0 Å². The van der Waals surface area contributed by atoms with Crippen molar-refractivity contribution in [2.75, 3.05) is 12.8 Å². The van der Waals surface area contributed by atoms with Gasteiger partial charge >= 0.3 is 5.97 Å². The van der Waals surface area contributed by atoms with Crippen LogP contribution in [-0.2, 0) is 4.74 Å². The lowest BCUT2D eigenvalue weighted by Gasteiger charge is -2.08. The van der Waals surface area contributed by atoms with Crippen LogP contribution in [0, 0.1) is 11.3 Å². The summed E-state index contributed by atoms with van der Waals surface area (Å²) in [7, 11) is 1.25. The van der Waals surface area contributed by atoms with Gasteiger partial charge in [0.05, 0.1) is 18.4 Å². The number of hydrogen-bond acceptors (Lipinski definition) is 4. The van der Waals surface area contributed by atoms with Crippen LogP contribution in [0.3, 0.4) is 0 Å². The molecule has 1 heterocycles. The molecule has 2 aromatic rings. The SMILES string of the molecule is COC(=O)c1c(N)c(C#N)cn1-c1cccc(Cl)c1. The second-order valence-corrected chi connectivity index (χ2v) is 4.19. The van der Waals surface area contributed by atoms with Crippen LogP contribution in [0.15, 0.2) is 30.5 Å². The van der Waals surface area contributed by atoms with E-state index in [-0.39, 0.29) is 16.9 Å². The van der Waals surface area contributed by atoms with Gasteiger partial charge in [-0.1, -0.05) is 17.7 Å². The van der Waals surface area contributed by atoms with Crippen molar-refractivity contribution in [3.05, 3.63) is 46.7 Å². The number of halogens is 1. The minimum atomic E-state index is -0.612. The highest BCUT2D eigenvalue weighted by molar-refractivity contribution is 6.30. The lowest BCUT2D eigenvalue weighted by molar-refractivity contribution is 0.0593. The molecule has 0 fully saturated rings. The molecule has 0 radical (unpaired) electrons. The van der Waals surface area contributed by atoms with E-state index >= 15 is 0 Å². The van der Waals surface area contributed by atoms with Gasteiger partial charge in [0.2, 0.25) is 0 Å². The highest BCUT2D eigenvalue weighted by atomic mass is 35.5. The molecule has 0 saturated heterocycles. The van der Waals surface area contributed by atoms with Crippen molar-refractivity contribution in [3.8, 4) is 11.8 Å². The highest BCUT2D eigenvalue weighted by Gasteiger charge is 2.21. The first-order valence-electron chi connectivity index (χ1n) is 5.33. The third-order valence-corrected chi connectivity index (χ3v) is 2.87. The van der Waals surface area contributed by atoms with E-state index in [0.717, 1.165) is 0 Å². The summed E-state index contributed by atoms with van der Waals surface area (Å²) in [6, 6.07) is 8.79. The van der Waals surface area contributed by atoms with Gasteiger partial charge in [-0.25, -0.2) is 4.79 Å². The number of ether oxygens (including phenoxy) is 1. The molecule has 0 amide bonds. The number of rotatable bonds is 2. The first-order chi connectivity index (χ1) is 9.08. The van der Waals surface area contributed by atoms with E-state index in [9.17, 15) is 4.79 Å².